The molecule has 5 nitrogen and oxygen atoms in total. The monoisotopic (exact) mass is 346 g/mol. The van der Waals surface area contributed by atoms with Crippen LogP contribution in [0.3, 0.4) is 0 Å². The molecular formula is C19H14N4OS. The Hall–Kier alpha value is -3.12. The minimum Gasteiger partial charge on any atom is -0.310 e. The van der Waals surface area contributed by atoms with E-state index in [2.05, 4.69) is 15.0 Å². The number of rotatable bonds is 3. The summed E-state index contributed by atoms with van der Waals surface area (Å²) in [7, 11) is 1.79. The fourth-order valence-electron chi connectivity index (χ4n) is 2.86. The average molecular weight is 346 g/mol. The van der Waals surface area contributed by atoms with Gasteiger partial charge in [-0.2, -0.15) is 0 Å². The minimum absolute atomic E-state index is 0.0698. The fourth-order valence-corrected chi connectivity index (χ4v) is 3.50. The van der Waals surface area contributed by atoms with Gasteiger partial charge in [-0.25, -0.2) is 4.98 Å². The third-order valence-electron chi connectivity index (χ3n) is 4.02. The van der Waals surface area contributed by atoms with E-state index >= 15 is 0 Å². The van der Waals surface area contributed by atoms with Crippen molar-refractivity contribution in [3.05, 3.63) is 77.0 Å². The maximum atomic E-state index is 12.9. The molecule has 0 aromatic carbocycles. The zero-order chi connectivity index (χ0) is 17.2. The number of aromatic nitrogens is 4. The zero-order valence-electron chi connectivity index (χ0n) is 13.5. The molecule has 0 bridgehead atoms. The smallest absolute Gasteiger partial charge is 0.261 e. The Morgan fingerprint density at radius 2 is 1.52 bits per heavy atom. The highest BCUT2D eigenvalue weighted by molar-refractivity contribution is 7.13. The van der Waals surface area contributed by atoms with E-state index in [1.165, 1.54) is 11.3 Å². The van der Waals surface area contributed by atoms with Gasteiger partial charge in [0, 0.05) is 54.5 Å². The van der Waals surface area contributed by atoms with Crippen LogP contribution in [-0.2, 0) is 7.05 Å². The zero-order valence-corrected chi connectivity index (χ0v) is 14.3. The molecule has 0 spiro atoms. The van der Waals surface area contributed by atoms with Crippen molar-refractivity contribution in [2.24, 2.45) is 7.05 Å². The molecule has 0 amide bonds. The van der Waals surface area contributed by atoms with Gasteiger partial charge in [0.1, 0.15) is 5.01 Å². The van der Waals surface area contributed by atoms with E-state index in [0.717, 1.165) is 27.4 Å². The molecule has 0 radical (unpaired) electrons. The van der Waals surface area contributed by atoms with Gasteiger partial charge < -0.3 is 4.57 Å². The molecular weight excluding hydrogens is 332 g/mol. The summed E-state index contributed by atoms with van der Waals surface area (Å²) < 4.78 is 1.68. The Balaban J connectivity index is 2.07. The highest BCUT2D eigenvalue weighted by Crippen LogP contribution is 2.33. The Bertz CT molecular complexity index is 1060. The molecule has 0 fully saturated rings. The Morgan fingerprint density at radius 1 is 0.880 bits per heavy atom. The van der Waals surface area contributed by atoms with Crippen LogP contribution in [-0.4, -0.2) is 19.5 Å². The summed E-state index contributed by atoms with van der Waals surface area (Å²) in [6, 6.07) is 9.61. The van der Waals surface area contributed by atoms with E-state index < -0.39 is 0 Å². The quantitative estimate of drug-likeness (QED) is 0.568. The first-order chi connectivity index (χ1) is 12.3. The lowest BCUT2D eigenvalue weighted by molar-refractivity contribution is 0.874. The van der Waals surface area contributed by atoms with Gasteiger partial charge in [0.05, 0.1) is 11.3 Å². The van der Waals surface area contributed by atoms with E-state index in [1.54, 1.807) is 42.6 Å². The maximum Gasteiger partial charge on any atom is 0.261 e. The lowest BCUT2D eigenvalue weighted by atomic mass is 9.98. The van der Waals surface area contributed by atoms with E-state index in [4.69, 9.17) is 0 Å². The van der Waals surface area contributed by atoms with Crippen molar-refractivity contribution in [1.29, 1.82) is 0 Å². The predicted molar refractivity (Wildman–Crippen MR) is 99.3 cm³/mol. The van der Waals surface area contributed by atoms with Gasteiger partial charge >= 0.3 is 0 Å². The highest BCUT2D eigenvalue weighted by Gasteiger charge is 2.17. The summed E-state index contributed by atoms with van der Waals surface area (Å²) >= 11 is 1.46. The van der Waals surface area contributed by atoms with Crippen LogP contribution in [0.2, 0.25) is 0 Å². The highest BCUT2D eigenvalue weighted by atomic mass is 32.1. The van der Waals surface area contributed by atoms with Crippen LogP contribution in [0.5, 0.6) is 0 Å². The first-order valence-electron chi connectivity index (χ1n) is 7.70. The molecule has 0 saturated heterocycles. The van der Waals surface area contributed by atoms with Crippen LogP contribution in [0.4, 0.5) is 0 Å². The third kappa shape index (κ3) is 2.77. The van der Waals surface area contributed by atoms with Crippen molar-refractivity contribution >= 4 is 11.3 Å². The van der Waals surface area contributed by atoms with E-state index in [9.17, 15) is 4.79 Å². The largest absolute Gasteiger partial charge is 0.310 e. The van der Waals surface area contributed by atoms with Gasteiger partial charge in [0.2, 0.25) is 0 Å². The summed E-state index contributed by atoms with van der Waals surface area (Å²) in [5, 5.41) is 2.59. The second-order valence-electron chi connectivity index (χ2n) is 5.49. The van der Waals surface area contributed by atoms with Crippen LogP contribution in [0.25, 0.3) is 33.0 Å². The average Bonchev–Trinajstić information content (AvgIpc) is 3.19. The third-order valence-corrected chi connectivity index (χ3v) is 4.83. The molecule has 0 atom stereocenters. The first-order valence-corrected chi connectivity index (χ1v) is 8.58. The number of hydrogen-bond acceptors (Lipinski definition) is 5. The van der Waals surface area contributed by atoms with Gasteiger partial charge in [-0.15, -0.1) is 11.3 Å². The molecule has 0 N–H and O–H groups in total. The molecule has 0 unspecified atom stereocenters. The van der Waals surface area contributed by atoms with Crippen LogP contribution >= 0.6 is 11.3 Å². The Morgan fingerprint density at radius 3 is 2.12 bits per heavy atom. The number of pyridine rings is 3. The van der Waals surface area contributed by atoms with Crippen molar-refractivity contribution in [3.63, 3.8) is 0 Å². The van der Waals surface area contributed by atoms with Crippen molar-refractivity contribution in [3.8, 4) is 33.0 Å². The molecule has 4 aromatic heterocycles. The van der Waals surface area contributed by atoms with Gasteiger partial charge in [0.15, 0.2) is 0 Å². The number of nitrogens with zero attached hydrogens (tertiary/aromatic N) is 4. The van der Waals surface area contributed by atoms with E-state index in [0.29, 0.717) is 5.56 Å². The predicted octanol–water partition coefficient (Wildman–Crippen LogP) is 3.63. The van der Waals surface area contributed by atoms with Gasteiger partial charge in [-0.05, 0) is 35.9 Å². The van der Waals surface area contributed by atoms with Crippen LogP contribution in [0.15, 0.2) is 71.5 Å². The number of thiazole rings is 1. The molecule has 0 aliphatic rings. The van der Waals surface area contributed by atoms with Gasteiger partial charge in [-0.1, -0.05) is 0 Å². The summed E-state index contributed by atoms with van der Waals surface area (Å²) in [6.07, 6.45) is 8.66. The standard InChI is InChI=1S/C19H14N4OS/c1-23-17(14-4-8-21-9-5-14)15(13-2-6-20-7-3-13)12-16(19(23)24)18-22-10-11-25-18/h2-12H,1H3. The maximum absolute atomic E-state index is 12.9. The topological polar surface area (TPSA) is 60.7 Å². The molecule has 0 aliphatic heterocycles. The molecule has 6 heteroatoms. The SMILES string of the molecule is Cn1c(-c2ccncc2)c(-c2ccncc2)cc(-c2nccs2)c1=O. The van der Waals surface area contributed by atoms with E-state index in [-0.39, 0.29) is 5.56 Å². The Kier molecular flexibility index (Phi) is 3.95. The Labute approximate surface area is 148 Å². The number of hydrogen-bond donors (Lipinski definition) is 0. The summed E-state index contributed by atoms with van der Waals surface area (Å²) in [4.78, 5) is 25.4. The van der Waals surface area contributed by atoms with Gasteiger partial charge in [0.25, 0.3) is 5.56 Å². The van der Waals surface area contributed by atoms with E-state index in [1.807, 2.05) is 35.7 Å². The first kappa shape index (κ1) is 15.4. The molecule has 4 aromatic rings. The lowest BCUT2D eigenvalue weighted by Crippen LogP contribution is -2.21. The summed E-state index contributed by atoms with van der Waals surface area (Å²) in [5.41, 5.74) is 4.27. The molecule has 25 heavy (non-hydrogen) atoms. The van der Waals surface area contributed by atoms with Crippen LogP contribution in [0.1, 0.15) is 0 Å². The van der Waals surface area contributed by atoms with Crippen LogP contribution < -0.4 is 5.56 Å². The van der Waals surface area contributed by atoms with Crippen molar-refractivity contribution in [2.45, 2.75) is 0 Å². The molecule has 0 aliphatic carbocycles. The summed E-state index contributed by atoms with van der Waals surface area (Å²) in [6.45, 7) is 0. The molecule has 4 rings (SSSR count). The molecule has 4 heterocycles. The van der Waals surface area contributed by atoms with Gasteiger partial charge in [-0.3, -0.25) is 14.8 Å². The van der Waals surface area contributed by atoms with Crippen molar-refractivity contribution in [2.75, 3.05) is 0 Å². The lowest BCUT2D eigenvalue weighted by Gasteiger charge is -2.16. The van der Waals surface area contributed by atoms with Crippen molar-refractivity contribution in [1.82, 2.24) is 19.5 Å². The second kappa shape index (κ2) is 6.41. The molecule has 122 valence electrons. The van der Waals surface area contributed by atoms with Crippen LogP contribution in [0, 0.1) is 0 Å². The fraction of sp³-hybridized carbons (Fsp3) is 0.0526. The second-order valence-corrected chi connectivity index (χ2v) is 6.39. The summed E-state index contributed by atoms with van der Waals surface area (Å²) in [5.74, 6) is 0. The minimum atomic E-state index is -0.0698. The molecule has 0 saturated carbocycles. The van der Waals surface area contributed by atoms with Crippen molar-refractivity contribution < 1.29 is 0 Å². The normalized spacial score (nSPS) is 10.8.